The molecular formula is C13H20N4O2. The summed E-state index contributed by atoms with van der Waals surface area (Å²) in [7, 11) is 0. The Balaban J connectivity index is 1.62. The molecule has 3 aliphatic rings. The van der Waals surface area contributed by atoms with Crippen LogP contribution in [0.15, 0.2) is 0 Å². The number of nitrogens with zero attached hydrogens (tertiary/aromatic N) is 3. The Labute approximate surface area is 112 Å². The summed E-state index contributed by atoms with van der Waals surface area (Å²) in [6.45, 7) is 3.44. The van der Waals surface area contributed by atoms with Crippen molar-refractivity contribution >= 4 is 5.95 Å². The predicted molar refractivity (Wildman–Crippen MR) is 69.3 cm³/mol. The number of anilines is 1. The maximum absolute atomic E-state index is 5.84. The van der Waals surface area contributed by atoms with E-state index in [0.29, 0.717) is 18.1 Å². The van der Waals surface area contributed by atoms with Gasteiger partial charge in [0.15, 0.2) is 5.82 Å². The SMILES string of the molecule is C1COC(C2CCNc3nc(C4CCOC4)nn32)C1. The average molecular weight is 264 g/mol. The molecule has 0 aliphatic carbocycles. The van der Waals surface area contributed by atoms with Crippen LogP contribution in [0.25, 0.3) is 0 Å². The summed E-state index contributed by atoms with van der Waals surface area (Å²) in [5.41, 5.74) is 0. The molecule has 1 aromatic rings. The third-order valence-corrected chi connectivity index (χ3v) is 4.37. The minimum atomic E-state index is 0.315. The van der Waals surface area contributed by atoms with Crippen molar-refractivity contribution in [3.8, 4) is 0 Å². The van der Waals surface area contributed by atoms with Crippen molar-refractivity contribution in [1.29, 1.82) is 0 Å². The van der Waals surface area contributed by atoms with Gasteiger partial charge in [0.2, 0.25) is 5.95 Å². The van der Waals surface area contributed by atoms with Crippen LogP contribution in [0.5, 0.6) is 0 Å². The normalized spacial score (nSPS) is 34.2. The minimum Gasteiger partial charge on any atom is -0.381 e. The Kier molecular flexibility index (Phi) is 2.92. The Morgan fingerprint density at radius 1 is 1.21 bits per heavy atom. The highest BCUT2D eigenvalue weighted by Gasteiger charge is 2.34. The molecular weight excluding hydrogens is 244 g/mol. The summed E-state index contributed by atoms with van der Waals surface area (Å²) >= 11 is 0. The number of hydrogen-bond donors (Lipinski definition) is 1. The van der Waals surface area contributed by atoms with Crippen molar-refractivity contribution < 1.29 is 9.47 Å². The fraction of sp³-hybridized carbons (Fsp3) is 0.846. The molecule has 4 rings (SSSR count). The number of hydrogen-bond acceptors (Lipinski definition) is 5. The number of aromatic nitrogens is 3. The van der Waals surface area contributed by atoms with Gasteiger partial charge in [-0.2, -0.15) is 10.1 Å². The quantitative estimate of drug-likeness (QED) is 0.873. The smallest absolute Gasteiger partial charge is 0.221 e. The second-order valence-corrected chi connectivity index (χ2v) is 5.63. The molecule has 0 amide bonds. The molecule has 3 aliphatic heterocycles. The molecule has 19 heavy (non-hydrogen) atoms. The summed E-state index contributed by atoms with van der Waals surface area (Å²) in [4.78, 5) is 4.66. The van der Waals surface area contributed by atoms with E-state index < -0.39 is 0 Å². The lowest BCUT2D eigenvalue weighted by atomic mass is 10.0. The molecule has 6 nitrogen and oxygen atoms in total. The van der Waals surface area contributed by atoms with Crippen molar-refractivity contribution in [2.75, 3.05) is 31.7 Å². The van der Waals surface area contributed by atoms with Crippen LogP contribution >= 0.6 is 0 Å². The molecule has 0 aromatic carbocycles. The van der Waals surface area contributed by atoms with Crippen LogP contribution in [0, 0.1) is 0 Å². The first kappa shape index (κ1) is 11.7. The van der Waals surface area contributed by atoms with E-state index >= 15 is 0 Å². The van der Waals surface area contributed by atoms with E-state index in [4.69, 9.17) is 14.6 Å². The molecule has 3 unspecified atom stereocenters. The summed E-state index contributed by atoms with van der Waals surface area (Å²) < 4.78 is 13.3. The molecule has 0 bridgehead atoms. The molecule has 6 heteroatoms. The largest absolute Gasteiger partial charge is 0.381 e. The maximum Gasteiger partial charge on any atom is 0.221 e. The van der Waals surface area contributed by atoms with Gasteiger partial charge in [-0.15, -0.1) is 0 Å². The van der Waals surface area contributed by atoms with Gasteiger partial charge in [-0.05, 0) is 25.7 Å². The standard InChI is InChI=1S/C13H20N4O2/c1-2-11(19-6-1)10-3-5-14-13-15-12(16-17(10)13)9-4-7-18-8-9/h9-11H,1-8H2,(H,14,15,16). The number of fused-ring (bicyclic) bond motifs is 1. The summed E-state index contributed by atoms with van der Waals surface area (Å²) in [6.07, 6.45) is 4.74. The zero-order valence-corrected chi connectivity index (χ0v) is 11.0. The third kappa shape index (κ3) is 2.03. The molecule has 4 heterocycles. The lowest BCUT2D eigenvalue weighted by Crippen LogP contribution is -2.32. The van der Waals surface area contributed by atoms with E-state index in [1.54, 1.807) is 0 Å². The third-order valence-electron chi connectivity index (χ3n) is 4.37. The van der Waals surface area contributed by atoms with Crippen LogP contribution in [0.1, 0.15) is 43.5 Å². The average Bonchev–Trinajstić information content (AvgIpc) is 3.18. The van der Waals surface area contributed by atoms with Crippen molar-refractivity contribution in [2.45, 2.75) is 43.7 Å². The van der Waals surface area contributed by atoms with E-state index in [0.717, 1.165) is 57.4 Å². The molecule has 1 N–H and O–H groups in total. The molecule has 104 valence electrons. The fourth-order valence-corrected chi connectivity index (χ4v) is 3.31. The Morgan fingerprint density at radius 2 is 2.21 bits per heavy atom. The molecule has 0 radical (unpaired) electrons. The monoisotopic (exact) mass is 264 g/mol. The predicted octanol–water partition coefficient (Wildman–Crippen LogP) is 1.32. The maximum atomic E-state index is 5.84. The number of ether oxygens (including phenoxy) is 2. The van der Waals surface area contributed by atoms with Gasteiger partial charge in [0.1, 0.15) is 0 Å². The van der Waals surface area contributed by atoms with Crippen LogP contribution in [-0.2, 0) is 9.47 Å². The highest BCUT2D eigenvalue weighted by atomic mass is 16.5. The van der Waals surface area contributed by atoms with E-state index in [-0.39, 0.29) is 0 Å². The first-order valence-electron chi connectivity index (χ1n) is 7.31. The molecule has 2 saturated heterocycles. The Morgan fingerprint density at radius 3 is 3.00 bits per heavy atom. The van der Waals surface area contributed by atoms with Crippen molar-refractivity contribution in [1.82, 2.24) is 14.8 Å². The Hall–Kier alpha value is -1.14. The van der Waals surface area contributed by atoms with Gasteiger partial charge < -0.3 is 14.8 Å². The van der Waals surface area contributed by atoms with E-state index in [1.165, 1.54) is 6.42 Å². The van der Waals surface area contributed by atoms with Gasteiger partial charge in [0.05, 0.1) is 18.8 Å². The van der Waals surface area contributed by atoms with Crippen molar-refractivity contribution in [3.63, 3.8) is 0 Å². The minimum absolute atomic E-state index is 0.315. The van der Waals surface area contributed by atoms with Crippen LogP contribution in [0.4, 0.5) is 5.95 Å². The van der Waals surface area contributed by atoms with Gasteiger partial charge in [-0.3, -0.25) is 0 Å². The van der Waals surface area contributed by atoms with Crippen LogP contribution in [0.2, 0.25) is 0 Å². The van der Waals surface area contributed by atoms with E-state index in [2.05, 4.69) is 15.0 Å². The van der Waals surface area contributed by atoms with Gasteiger partial charge in [-0.25, -0.2) is 4.68 Å². The zero-order valence-electron chi connectivity index (χ0n) is 11.0. The summed E-state index contributed by atoms with van der Waals surface area (Å²) in [5, 5.41) is 8.09. The first-order chi connectivity index (χ1) is 9.42. The first-order valence-corrected chi connectivity index (χ1v) is 7.31. The Bertz CT molecular complexity index is 449. The lowest BCUT2D eigenvalue weighted by molar-refractivity contribution is 0.0588. The number of nitrogens with one attached hydrogen (secondary N) is 1. The van der Waals surface area contributed by atoms with Crippen LogP contribution in [-0.4, -0.2) is 47.2 Å². The van der Waals surface area contributed by atoms with Gasteiger partial charge in [0.25, 0.3) is 0 Å². The molecule has 3 atom stereocenters. The molecule has 0 spiro atoms. The zero-order chi connectivity index (χ0) is 12.7. The van der Waals surface area contributed by atoms with Crippen LogP contribution < -0.4 is 5.32 Å². The van der Waals surface area contributed by atoms with E-state index in [1.807, 2.05) is 0 Å². The van der Waals surface area contributed by atoms with Crippen molar-refractivity contribution in [2.24, 2.45) is 0 Å². The number of rotatable bonds is 2. The second-order valence-electron chi connectivity index (χ2n) is 5.63. The lowest BCUT2D eigenvalue weighted by Gasteiger charge is -2.28. The summed E-state index contributed by atoms with van der Waals surface area (Å²) in [6, 6.07) is 0.349. The summed E-state index contributed by atoms with van der Waals surface area (Å²) in [5.74, 6) is 2.21. The fourth-order valence-electron chi connectivity index (χ4n) is 3.31. The van der Waals surface area contributed by atoms with E-state index in [9.17, 15) is 0 Å². The highest BCUT2D eigenvalue weighted by molar-refractivity contribution is 5.29. The molecule has 1 aromatic heterocycles. The topological polar surface area (TPSA) is 61.2 Å². The highest BCUT2D eigenvalue weighted by Crippen LogP contribution is 2.33. The molecule has 2 fully saturated rings. The van der Waals surface area contributed by atoms with Gasteiger partial charge in [0, 0.05) is 25.7 Å². The van der Waals surface area contributed by atoms with Gasteiger partial charge in [-0.1, -0.05) is 0 Å². The second kappa shape index (κ2) is 4.76. The van der Waals surface area contributed by atoms with Crippen molar-refractivity contribution in [3.05, 3.63) is 5.82 Å². The molecule has 0 saturated carbocycles. The van der Waals surface area contributed by atoms with Crippen LogP contribution in [0.3, 0.4) is 0 Å². The van der Waals surface area contributed by atoms with Gasteiger partial charge >= 0.3 is 0 Å².